The van der Waals surface area contributed by atoms with Gasteiger partial charge in [-0.3, -0.25) is 0 Å². The second kappa shape index (κ2) is 3.93. The van der Waals surface area contributed by atoms with Crippen molar-refractivity contribution in [2.24, 2.45) is 5.41 Å². The summed E-state index contributed by atoms with van der Waals surface area (Å²) in [6, 6.07) is 10.6. The van der Waals surface area contributed by atoms with Crippen molar-refractivity contribution in [3.8, 4) is 11.8 Å². The molecule has 0 bridgehead atoms. The van der Waals surface area contributed by atoms with Gasteiger partial charge in [-0.1, -0.05) is 58.1 Å². The molecule has 0 amide bonds. The number of benzene rings is 1. The Morgan fingerprint density at radius 1 is 1.25 bits per heavy atom. The fourth-order valence-corrected chi connectivity index (χ4v) is 2.42. The van der Waals surface area contributed by atoms with Gasteiger partial charge in [0, 0.05) is 11.3 Å². The van der Waals surface area contributed by atoms with E-state index in [-0.39, 0.29) is 9.74 Å². The molecular formula is C15H17Br. The maximum atomic E-state index is 3.77. The Morgan fingerprint density at radius 3 is 2.44 bits per heavy atom. The molecule has 1 fully saturated rings. The molecule has 1 aliphatic rings. The van der Waals surface area contributed by atoms with Crippen molar-refractivity contribution in [3.05, 3.63) is 35.9 Å². The molecule has 84 valence electrons. The monoisotopic (exact) mass is 276 g/mol. The van der Waals surface area contributed by atoms with Crippen LogP contribution in [-0.2, 0) is 0 Å². The van der Waals surface area contributed by atoms with Crippen molar-refractivity contribution in [2.75, 3.05) is 0 Å². The van der Waals surface area contributed by atoms with Gasteiger partial charge in [-0.15, -0.1) is 0 Å². The molecule has 1 aromatic carbocycles. The van der Waals surface area contributed by atoms with Gasteiger partial charge in [0.05, 0.1) is 4.32 Å². The van der Waals surface area contributed by atoms with Gasteiger partial charge in [0.2, 0.25) is 0 Å². The van der Waals surface area contributed by atoms with Gasteiger partial charge < -0.3 is 0 Å². The molecular weight excluding hydrogens is 260 g/mol. The molecule has 1 heteroatoms. The predicted octanol–water partition coefficient (Wildman–Crippen LogP) is 4.36. The lowest BCUT2D eigenvalue weighted by atomic mass is 9.97. The highest BCUT2D eigenvalue weighted by Crippen LogP contribution is 2.57. The summed E-state index contributed by atoms with van der Waals surface area (Å²) in [5, 5.41) is 0. The van der Waals surface area contributed by atoms with Crippen LogP contribution in [0.15, 0.2) is 30.3 Å². The normalized spacial score (nSPS) is 28.1. The molecule has 0 N–H and O–H groups in total. The maximum absolute atomic E-state index is 3.77. The Hall–Kier alpha value is -0.740. The number of hydrogen-bond acceptors (Lipinski definition) is 0. The molecule has 0 saturated heterocycles. The molecule has 0 unspecified atom stereocenters. The summed E-state index contributed by atoms with van der Waals surface area (Å²) in [6.07, 6.45) is 1.13. The maximum Gasteiger partial charge on any atom is 0.0937 e. The molecule has 2 atom stereocenters. The minimum atomic E-state index is 0.0294. The third kappa shape index (κ3) is 2.68. The Balaban J connectivity index is 2.12. The predicted molar refractivity (Wildman–Crippen MR) is 72.7 cm³/mol. The lowest BCUT2D eigenvalue weighted by Crippen LogP contribution is -2.03. The number of rotatable bonds is 1. The standard InChI is InChI=1S/C15H17Br/c1-14(2,3)9-10-15(16)11-13(15)12-7-5-4-6-8-12/h4-8,13H,11H2,1-3H3/t13-,15-/m0/s1. The Morgan fingerprint density at radius 2 is 1.88 bits per heavy atom. The lowest BCUT2D eigenvalue weighted by molar-refractivity contribution is 0.570. The average molecular weight is 277 g/mol. The summed E-state index contributed by atoms with van der Waals surface area (Å²) in [5.41, 5.74) is 1.48. The van der Waals surface area contributed by atoms with Crippen molar-refractivity contribution in [3.63, 3.8) is 0 Å². The third-order valence-corrected chi connectivity index (χ3v) is 3.82. The molecule has 16 heavy (non-hydrogen) atoms. The van der Waals surface area contributed by atoms with Crippen LogP contribution in [0.4, 0.5) is 0 Å². The zero-order valence-electron chi connectivity index (χ0n) is 10.0. The third-order valence-electron chi connectivity index (χ3n) is 2.74. The number of alkyl halides is 1. The van der Waals surface area contributed by atoms with Crippen LogP contribution >= 0.6 is 15.9 Å². The molecule has 2 rings (SSSR count). The van der Waals surface area contributed by atoms with Gasteiger partial charge in [0.25, 0.3) is 0 Å². The molecule has 1 aliphatic carbocycles. The second-order valence-electron chi connectivity index (χ2n) is 5.53. The zero-order valence-corrected chi connectivity index (χ0v) is 11.6. The SMILES string of the molecule is CC(C)(C)C#C[C@]1(Br)C[C@H]1c1ccccc1. The first kappa shape index (κ1) is 11.7. The topological polar surface area (TPSA) is 0 Å². The van der Waals surface area contributed by atoms with E-state index in [1.165, 1.54) is 5.56 Å². The highest BCUT2D eigenvalue weighted by atomic mass is 79.9. The van der Waals surface area contributed by atoms with E-state index in [4.69, 9.17) is 0 Å². The minimum Gasteiger partial charge on any atom is -0.0959 e. The molecule has 0 spiro atoms. The van der Waals surface area contributed by atoms with Crippen LogP contribution in [0.3, 0.4) is 0 Å². The molecule has 0 nitrogen and oxygen atoms in total. The molecule has 1 saturated carbocycles. The minimum absolute atomic E-state index is 0.0294. The summed E-state index contributed by atoms with van der Waals surface area (Å²) < 4.78 is 0.0294. The van der Waals surface area contributed by atoms with Crippen LogP contribution in [0, 0.1) is 17.3 Å². The van der Waals surface area contributed by atoms with Crippen LogP contribution < -0.4 is 0 Å². The van der Waals surface area contributed by atoms with Gasteiger partial charge in [-0.25, -0.2) is 0 Å². The lowest BCUT2D eigenvalue weighted by Gasteiger charge is -2.08. The first-order chi connectivity index (χ1) is 7.41. The van der Waals surface area contributed by atoms with E-state index in [9.17, 15) is 0 Å². The van der Waals surface area contributed by atoms with Crippen LogP contribution in [-0.4, -0.2) is 4.32 Å². The van der Waals surface area contributed by atoms with Crippen molar-refractivity contribution >= 4 is 15.9 Å². The second-order valence-corrected chi connectivity index (χ2v) is 6.94. The van der Waals surface area contributed by atoms with Crippen LogP contribution in [0.2, 0.25) is 0 Å². The van der Waals surface area contributed by atoms with Gasteiger partial charge in [-0.2, -0.15) is 0 Å². The smallest absolute Gasteiger partial charge is 0.0937 e. The van der Waals surface area contributed by atoms with Crippen molar-refractivity contribution in [2.45, 2.75) is 37.4 Å². The molecule has 0 aromatic heterocycles. The Kier molecular flexibility index (Phi) is 2.88. The summed E-state index contributed by atoms with van der Waals surface area (Å²) >= 11 is 3.77. The highest BCUT2D eigenvalue weighted by Gasteiger charge is 2.52. The molecule has 1 aromatic rings. The molecule has 0 heterocycles. The van der Waals surface area contributed by atoms with Crippen LogP contribution in [0.1, 0.15) is 38.7 Å². The van der Waals surface area contributed by atoms with E-state index in [1.807, 2.05) is 0 Å². The summed E-state index contributed by atoms with van der Waals surface area (Å²) in [6.45, 7) is 6.45. The van der Waals surface area contributed by atoms with E-state index in [2.05, 4.69) is 78.9 Å². The summed E-state index contributed by atoms with van der Waals surface area (Å²) in [4.78, 5) is 0. The van der Waals surface area contributed by atoms with Crippen LogP contribution in [0.25, 0.3) is 0 Å². The van der Waals surface area contributed by atoms with E-state index in [0.29, 0.717) is 5.92 Å². The fourth-order valence-electron chi connectivity index (χ4n) is 1.74. The van der Waals surface area contributed by atoms with E-state index < -0.39 is 0 Å². The fraction of sp³-hybridized carbons (Fsp3) is 0.467. The first-order valence-electron chi connectivity index (χ1n) is 5.69. The van der Waals surface area contributed by atoms with E-state index in [0.717, 1.165) is 6.42 Å². The van der Waals surface area contributed by atoms with Gasteiger partial charge in [-0.05, 0) is 32.8 Å². The van der Waals surface area contributed by atoms with Crippen molar-refractivity contribution in [1.29, 1.82) is 0 Å². The zero-order chi connectivity index (χ0) is 11.8. The summed E-state index contributed by atoms with van der Waals surface area (Å²) in [5.74, 6) is 7.27. The van der Waals surface area contributed by atoms with E-state index >= 15 is 0 Å². The average Bonchev–Trinajstić information content (AvgIpc) is 2.90. The van der Waals surface area contributed by atoms with Gasteiger partial charge >= 0.3 is 0 Å². The van der Waals surface area contributed by atoms with Gasteiger partial charge in [0.1, 0.15) is 0 Å². The van der Waals surface area contributed by atoms with Gasteiger partial charge in [0.15, 0.2) is 0 Å². The number of halogens is 1. The Bertz CT molecular complexity index is 430. The quantitative estimate of drug-likeness (QED) is 0.528. The largest absolute Gasteiger partial charge is 0.0959 e. The molecule has 0 radical (unpaired) electrons. The Labute approximate surface area is 107 Å². The highest BCUT2D eigenvalue weighted by molar-refractivity contribution is 9.10. The number of hydrogen-bond donors (Lipinski definition) is 0. The van der Waals surface area contributed by atoms with Crippen molar-refractivity contribution in [1.82, 2.24) is 0 Å². The first-order valence-corrected chi connectivity index (χ1v) is 6.48. The van der Waals surface area contributed by atoms with Crippen molar-refractivity contribution < 1.29 is 0 Å². The molecule has 0 aliphatic heterocycles. The van der Waals surface area contributed by atoms with Crippen LogP contribution in [0.5, 0.6) is 0 Å². The van der Waals surface area contributed by atoms with E-state index in [1.54, 1.807) is 0 Å². The summed E-state index contributed by atoms with van der Waals surface area (Å²) in [7, 11) is 0.